The van der Waals surface area contributed by atoms with Crippen LogP contribution in [0, 0.1) is 10.1 Å². The number of hydrogen-bond acceptors (Lipinski definition) is 5. The van der Waals surface area contributed by atoms with E-state index >= 15 is 0 Å². The summed E-state index contributed by atoms with van der Waals surface area (Å²) >= 11 is 3.36. The first-order chi connectivity index (χ1) is 12.0. The van der Waals surface area contributed by atoms with Crippen LogP contribution in [-0.4, -0.2) is 16.8 Å². The molecule has 3 rings (SSSR count). The molecule has 0 aromatic heterocycles. The van der Waals surface area contributed by atoms with E-state index in [-0.39, 0.29) is 17.3 Å². The van der Waals surface area contributed by atoms with Gasteiger partial charge in [-0.15, -0.1) is 0 Å². The number of allylic oxidation sites excluding steroid dienone is 2. The Balaban J connectivity index is 1.76. The van der Waals surface area contributed by atoms with Crippen LogP contribution in [0.3, 0.4) is 0 Å². The van der Waals surface area contributed by atoms with Crippen molar-refractivity contribution < 1.29 is 14.5 Å². The molecule has 1 heterocycles. The summed E-state index contributed by atoms with van der Waals surface area (Å²) in [7, 11) is 0. The SMILES string of the molecule is O=C1OC(c2cccc(Br)c2)=NC1=CC=Cc1ccc([N+](=O)[O-])cc1. The minimum absolute atomic E-state index is 0.0261. The van der Waals surface area contributed by atoms with E-state index in [0.717, 1.165) is 10.0 Å². The normalized spacial score (nSPS) is 15.5. The average Bonchev–Trinajstić information content (AvgIpc) is 2.96. The van der Waals surface area contributed by atoms with Crippen LogP contribution in [0.4, 0.5) is 5.69 Å². The Labute approximate surface area is 151 Å². The molecule has 0 N–H and O–H groups in total. The lowest BCUT2D eigenvalue weighted by Gasteiger charge is -1.99. The highest BCUT2D eigenvalue weighted by Crippen LogP contribution is 2.19. The van der Waals surface area contributed by atoms with E-state index in [1.54, 1.807) is 30.4 Å². The molecule has 0 radical (unpaired) electrons. The van der Waals surface area contributed by atoms with Gasteiger partial charge in [-0.2, -0.15) is 0 Å². The third kappa shape index (κ3) is 4.07. The fourth-order valence-corrected chi connectivity index (χ4v) is 2.53. The fraction of sp³-hybridized carbons (Fsp3) is 0. The van der Waals surface area contributed by atoms with Gasteiger partial charge in [0.25, 0.3) is 5.69 Å². The van der Waals surface area contributed by atoms with Gasteiger partial charge < -0.3 is 4.74 Å². The van der Waals surface area contributed by atoms with E-state index in [2.05, 4.69) is 20.9 Å². The number of nitro groups is 1. The zero-order valence-electron chi connectivity index (χ0n) is 12.8. The molecule has 0 saturated carbocycles. The molecule has 0 fully saturated rings. The molecule has 124 valence electrons. The molecule has 6 nitrogen and oxygen atoms in total. The van der Waals surface area contributed by atoms with E-state index in [0.29, 0.717) is 5.56 Å². The summed E-state index contributed by atoms with van der Waals surface area (Å²) in [4.78, 5) is 26.2. The number of hydrogen-bond donors (Lipinski definition) is 0. The molecule has 1 aliphatic heterocycles. The van der Waals surface area contributed by atoms with Gasteiger partial charge in [-0.1, -0.05) is 34.1 Å². The van der Waals surface area contributed by atoms with E-state index in [1.165, 1.54) is 18.2 Å². The minimum Gasteiger partial charge on any atom is -0.402 e. The summed E-state index contributed by atoms with van der Waals surface area (Å²) in [6.45, 7) is 0. The number of carbonyl (C=O) groups excluding carboxylic acids is 1. The van der Waals surface area contributed by atoms with Crippen molar-refractivity contribution in [1.82, 2.24) is 0 Å². The lowest BCUT2D eigenvalue weighted by molar-refractivity contribution is -0.384. The lowest BCUT2D eigenvalue weighted by atomic mass is 10.2. The van der Waals surface area contributed by atoms with Crippen molar-refractivity contribution in [2.45, 2.75) is 0 Å². The number of nitro benzene ring substituents is 1. The maximum atomic E-state index is 11.9. The maximum Gasteiger partial charge on any atom is 0.363 e. The quantitative estimate of drug-likeness (QED) is 0.333. The molecule has 0 amide bonds. The first-order valence-corrected chi connectivity index (χ1v) is 8.02. The van der Waals surface area contributed by atoms with E-state index in [4.69, 9.17) is 4.74 Å². The number of carbonyl (C=O) groups is 1. The Morgan fingerprint density at radius 1 is 1.16 bits per heavy atom. The second kappa shape index (κ2) is 7.23. The molecule has 7 heteroatoms. The average molecular weight is 399 g/mol. The van der Waals surface area contributed by atoms with E-state index in [9.17, 15) is 14.9 Å². The molecule has 0 spiro atoms. The third-order valence-electron chi connectivity index (χ3n) is 3.34. The van der Waals surface area contributed by atoms with Crippen LogP contribution in [0.15, 0.2) is 75.8 Å². The van der Waals surface area contributed by atoms with Crippen LogP contribution in [0.25, 0.3) is 6.08 Å². The number of rotatable bonds is 4. The number of non-ortho nitro benzene ring substituents is 1. The summed E-state index contributed by atoms with van der Waals surface area (Å²) in [5, 5.41) is 10.6. The molecule has 0 atom stereocenters. The summed E-state index contributed by atoms with van der Waals surface area (Å²) in [5.74, 6) is -0.274. The summed E-state index contributed by atoms with van der Waals surface area (Å²) in [5.41, 5.74) is 1.68. The Bertz CT molecular complexity index is 930. The van der Waals surface area contributed by atoms with Gasteiger partial charge in [-0.25, -0.2) is 9.79 Å². The summed E-state index contributed by atoms with van der Waals surface area (Å²) in [6.07, 6.45) is 4.90. The predicted molar refractivity (Wildman–Crippen MR) is 97.0 cm³/mol. The maximum absolute atomic E-state index is 11.9. The lowest BCUT2D eigenvalue weighted by Crippen LogP contribution is -2.05. The van der Waals surface area contributed by atoms with Crippen molar-refractivity contribution in [1.29, 1.82) is 0 Å². The standard InChI is InChI=1S/C18H11BrN2O4/c19-14-5-2-4-13(11-14)17-20-16(18(22)25-17)6-1-3-12-7-9-15(10-8-12)21(23)24/h1-11H. The molecule has 2 aromatic rings. The van der Waals surface area contributed by atoms with Crippen molar-refractivity contribution in [3.8, 4) is 0 Å². The highest BCUT2D eigenvalue weighted by atomic mass is 79.9. The van der Waals surface area contributed by atoms with Crippen molar-refractivity contribution in [3.05, 3.63) is 92.1 Å². The number of esters is 1. The first-order valence-electron chi connectivity index (χ1n) is 7.22. The van der Waals surface area contributed by atoms with Gasteiger partial charge in [-0.3, -0.25) is 10.1 Å². The molecule has 0 unspecified atom stereocenters. The first kappa shape index (κ1) is 16.8. The number of ether oxygens (including phenoxy) is 1. The van der Waals surface area contributed by atoms with Gasteiger partial charge in [0.15, 0.2) is 5.70 Å². The second-order valence-electron chi connectivity index (χ2n) is 5.08. The van der Waals surface area contributed by atoms with Crippen LogP contribution in [-0.2, 0) is 9.53 Å². The van der Waals surface area contributed by atoms with Crippen molar-refractivity contribution >= 4 is 39.6 Å². The Morgan fingerprint density at radius 2 is 1.92 bits per heavy atom. The summed E-state index contributed by atoms with van der Waals surface area (Å²) in [6, 6.07) is 13.4. The molecule has 0 bridgehead atoms. The molecular formula is C18H11BrN2O4. The number of benzene rings is 2. The topological polar surface area (TPSA) is 81.8 Å². The van der Waals surface area contributed by atoms with Crippen molar-refractivity contribution in [2.75, 3.05) is 0 Å². The minimum atomic E-state index is -0.525. The molecule has 1 aliphatic rings. The Kier molecular flexibility index (Phi) is 4.85. The van der Waals surface area contributed by atoms with Gasteiger partial charge in [0.2, 0.25) is 5.90 Å². The van der Waals surface area contributed by atoms with Crippen LogP contribution < -0.4 is 0 Å². The highest BCUT2D eigenvalue weighted by Gasteiger charge is 2.23. The van der Waals surface area contributed by atoms with E-state index < -0.39 is 10.9 Å². The van der Waals surface area contributed by atoms with Crippen LogP contribution in [0.2, 0.25) is 0 Å². The molecule has 0 aliphatic carbocycles. The molecular weight excluding hydrogens is 388 g/mol. The van der Waals surface area contributed by atoms with Gasteiger partial charge in [0.05, 0.1) is 4.92 Å². The number of cyclic esters (lactones) is 1. The number of nitrogens with zero attached hydrogens (tertiary/aromatic N) is 2. The highest BCUT2D eigenvalue weighted by molar-refractivity contribution is 9.10. The zero-order valence-corrected chi connectivity index (χ0v) is 14.3. The van der Waals surface area contributed by atoms with Crippen molar-refractivity contribution in [2.24, 2.45) is 4.99 Å². The third-order valence-corrected chi connectivity index (χ3v) is 3.83. The van der Waals surface area contributed by atoms with E-state index in [1.807, 2.05) is 18.2 Å². The molecule has 2 aromatic carbocycles. The number of halogens is 1. The van der Waals surface area contributed by atoms with Crippen LogP contribution in [0.1, 0.15) is 11.1 Å². The zero-order chi connectivity index (χ0) is 17.8. The van der Waals surface area contributed by atoms with Gasteiger partial charge in [0.1, 0.15) is 0 Å². The Hall–Kier alpha value is -3.06. The fourth-order valence-electron chi connectivity index (χ4n) is 2.13. The van der Waals surface area contributed by atoms with Gasteiger partial charge in [-0.05, 0) is 42.0 Å². The Morgan fingerprint density at radius 3 is 2.60 bits per heavy atom. The smallest absolute Gasteiger partial charge is 0.363 e. The molecule has 0 saturated heterocycles. The second-order valence-corrected chi connectivity index (χ2v) is 5.99. The van der Waals surface area contributed by atoms with Crippen LogP contribution >= 0.6 is 15.9 Å². The van der Waals surface area contributed by atoms with Gasteiger partial charge >= 0.3 is 5.97 Å². The van der Waals surface area contributed by atoms with Crippen molar-refractivity contribution in [3.63, 3.8) is 0 Å². The number of aliphatic imine (C=N–C) groups is 1. The summed E-state index contributed by atoms with van der Waals surface area (Å²) < 4.78 is 6.03. The predicted octanol–water partition coefficient (Wildman–Crippen LogP) is 4.26. The van der Waals surface area contributed by atoms with Crippen LogP contribution in [0.5, 0.6) is 0 Å². The largest absolute Gasteiger partial charge is 0.402 e. The van der Waals surface area contributed by atoms with Gasteiger partial charge in [0, 0.05) is 22.2 Å². The monoisotopic (exact) mass is 398 g/mol. The molecule has 25 heavy (non-hydrogen) atoms.